The SMILES string of the molecule is COCCn1c2c([n+](Cc3ccncc3)c1C)C(=O)c1ccccc1C2=O.[Br-]. The van der Waals surface area contributed by atoms with Gasteiger partial charge in [0.05, 0.1) is 6.61 Å². The number of carbonyl (C=O) groups is 2. The van der Waals surface area contributed by atoms with Gasteiger partial charge in [-0.3, -0.25) is 14.6 Å². The number of pyridine rings is 1. The molecule has 0 fully saturated rings. The van der Waals surface area contributed by atoms with Gasteiger partial charge in [-0.05, 0) is 17.7 Å². The molecule has 3 aromatic rings. The molecule has 6 nitrogen and oxygen atoms in total. The molecule has 7 heteroatoms. The number of benzene rings is 1. The quantitative estimate of drug-likeness (QED) is 0.371. The lowest BCUT2D eigenvalue weighted by Crippen LogP contribution is -3.00. The van der Waals surface area contributed by atoms with Gasteiger partial charge >= 0.3 is 0 Å². The van der Waals surface area contributed by atoms with E-state index in [1.54, 1.807) is 43.8 Å². The summed E-state index contributed by atoms with van der Waals surface area (Å²) in [5.41, 5.74) is 2.83. The Morgan fingerprint density at radius 2 is 1.68 bits per heavy atom. The predicted molar refractivity (Wildman–Crippen MR) is 97.9 cm³/mol. The van der Waals surface area contributed by atoms with Gasteiger partial charge in [0.25, 0.3) is 5.82 Å². The molecule has 0 unspecified atom stereocenters. The summed E-state index contributed by atoms with van der Waals surface area (Å²) >= 11 is 0. The van der Waals surface area contributed by atoms with E-state index >= 15 is 0 Å². The maximum atomic E-state index is 13.3. The average molecular weight is 442 g/mol. The van der Waals surface area contributed by atoms with Crippen LogP contribution in [0.25, 0.3) is 0 Å². The Kier molecular flexibility index (Phi) is 5.86. The van der Waals surface area contributed by atoms with Crippen molar-refractivity contribution in [2.75, 3.05) is 13.7 Å². The summed E-state index contributed by atoms with van der Waals surface area (Å²) in [6.45, 7) is 3.40. The number of hydrogen-bond acceptors (Lipinski definition) is 4. The summed E-state index contributed by atoms with van der Waals surface area (Å²) in [7, 11) is 1.62. The van der Waals surface area contributed by atoms with Crippen molar-refractivity contribution in [1.29, 1.82) is 0 Å². The van der Waals surface area contributed by atoms with Crippen molar-refractivity contribution in [3.05, 3.63) is 82.7 Å². The van der Waals surface area contributed by atoms with Gasteiger partial charge in [-0.15, -0.1) is 0 Å². The smallest absolute Gasteiger partial charge is 0.254 e. The fourth-order valence-electron chi connectivity index (χ4n) is 3.64. The molecule has 0 bridgehead atoms. The highest BCUT2D eigenvalue weighted by molar-refractivity contribution is 6.26. The van der Waals surface area contributed by atoms with Gasteiger partial charge in [-0.1, -0.05) is 24.3 Å². The van der Waals surface area contributed by atoms with E-state index in [9.17, 15) is 9.59 Å². The molecule has 0 N–H and O–H groups in total. The summed E-state index contributed by atoms with van der Waals surface area (Å²) in [5, 5.41) is 0. The third kappa shape index (κ3) is 3.21. The minimum atomic E-state index is -0.118. The lowest BCUT2D eigenvalue weighted by molar-refractivity contribution is -0.695. The summed E-state index contributed by atoms with van der Waals surface area (Å²) < 4.78 is 9.04. The molecular formula is C21H20BrN3O3. The zero-order chi connectivity index (χ0) is 19.0. The normalized spacial score (nSPS) is 12.4. The van der Waals surface area contributed by atoms with E-state index in [1.165, 1.54) is 0 Å². The Labute approximate surface area is 173 Å². The standard InChI is InChI=1S/C21H20N3O3.BrH/c1-14-23(11-12-27-2)18-19(24(14)13-15-7-9-22-10-8-15)21(26)17-6-4-3-5-16(17)20(18)25;/h3-10H,11-13H2,1-2H3;1H/q+1;/p-1. The molecule has 0 radical (unpaired) electrons. The number of imidazole rings is 1. The molecule has 0 amide bonds. The zero-order valence-corrected chi connectivity index (χ0v) is 17.3. The van der Waals surface area contributed by atoms with Crippen LogP contribution >= 0.6 is 0 Å². The van der Waals surface area contributed by atoms with Crippen LogP contribution in [0.5, 0.6) is 0 Å². The number of carbonyl (C=O) groups excluding carboxylic acids is 2. The largest absolute Gasteiger partial charge is 1.00 e. The van der Waals surface area contributed by atoms with Crippen molar-refractivity contribution in [2.24, 2.45) is 0 Å². The molecule has 4 rings (SSSR count). The first-order valence-corrected chi connectivity index (χ1v) is 8.82. The van der Waals surface area contributed by atoms with Gasteiger partial charge in [0.2, 0.25) is 23.0 Å². The van der Waals surface area contributed by atoms with E-state index in [-0.39, 0.29) is 28.5 Å². The number of rotatable bonds is 5. The molecule has 0 aliphatic heterocycles. The van der Waals surface area contributed by atoms with Gasteiger partial charge in [-0.25, -0.2) is 9.13 Å². The first-order chi connectivity index (χ1) is 13.1. The maximum Gasteiger partial charge on any atom is 0.254 e. The molecule has 28 heavy (non-hydrogen) atoms. The van der Waals surface area contributed by atoms with Crippen LogP contribution in [0.4, 0.5) is 0 Å². The molecule has 2 aromatic heterocycles. The number of ether oxygens (including phenoxy) is 1. The molecule has 0 spiro atoms. The Balaban J connectivity index is 0.00000225. The first-order valence-electron chi connectivity index (χ1n) is 8.82. The van der Waals surface area contributed by atoms with Crippen molar-refractivity contribution in [3.63, 3.8) is 0 Å². The Bertz CT molecular complexity index is 1040. The Hall–Kier alpha value is -2.64. The third-order valence-electron chi connectivity index (χ3n) is 5.00. The maximum absolute atomic E-state index is 13.3. The topological polar surface area (TPSA) is 65.1 Å². The molecule has 1 aromatic carbocycles. The fraction of sp³-hybridized carbons (Fsp3) is 0.238. The summed E-state index contributed by atoms with van der Waals surface area (Å²) in [6, 6.07) is 10.8. The van der Waals surface area contributed by atoms with E-state index < -0.39 is 0 Å². The lowest BCUT2D eigenvalue weighted by Gasteiger charge is -2.13. The van der Waals surface area contributed by atoms with Gasteiger partial charge in [-0.2, -0.15) is 0 Å². The highest BCUT2D eigenvalue weighted by atomic mass is 79.9. The van der Waals surface area contributed by atoms with Crippen LogP contribution in [-0.2, 0) is 17.8 Å². The van der Waals surface area contributed by atoms with Gasteiger partial charge in [0.15, 0.2) is 0 Å². The van der Waals surface area contributed by atoms with Crippen LogP contribution in [0.2, 0.25) is 0 Å². The van der Waals surface area contributed by atoms with E-state index in [4.69, 9.17) is 4.74 Å². The number of hydrogen-bond donors (Lipinski definition) is 0. The number of aromatic nitrogens is 3. The summed E-state index contributed by atoms with van der Waals surface area (Å²) in [6.07, 6.45) is 3.45. The van der Waals surface area contributed by atoms with Crippen LogP contribution in [0.3, 0.4) is 0 Å². The van der Waals surface area contributed by atoms with Crippen LogP contribution in [0, 0.1) is 6.92 Å². The number of ketones is 2. The van der Waals surface area contributed by atoms with Crippen molar-refractivity contribution in [2.45, 2.75) is 20.0 Å². The van der Waals surface area contributed by atoms with Gasteiger partial charge in [0, 0.05) is 37.6 Å². The van der Waals surface area contributed by atoms with Crippen molar-refractivity contribution in [1.82, 2.24) is 9.55 Å². The average Bonchev–Trinajstić information content (AvgIpc) is 2.97. The van der Waals surface area contributed by atoms with Gasteiger partial charge < -0.3 is 21.7 Å². The Morgan fingerprint density at radius 3 is 2.32 bits per heavy atom. The van der Waals surface area contributed by atoms with E-state index in [0.717, 1.165) is 11.4 Å². The van der Waals surface area contributed by atoms with Crippen LogP contribution in [0.15, 0.2) is 48.8 Å². The minimum Gasteiger partial charge on any atom is -1.00 e. The monoisotopic (exact) mass is 441 g/mol. The highest BCUT2D eigenvalue weighted by Gasteiger charge is 2.42. The number of halogens is 1. The van der Waals surface area contributed by atoms with E-state index in [0.29, 0.717) is 42.2 Å². The zero-order valence-electron chi connectivity index (χ0n) is 15.7. The van der Waals surface area contributed by atoms with E-state index in [1.807, 2.05) is 28.2 Å². The second-order valence-electron chi connectivity index (χ2n) is 6.53. The first kappa shape index (κ1) is 20.1. The van der Waals surface area contributed by atoms with Crippen molar-refractivity contribution in [3.8, 4) is 0 Å². The molecule has 0 saturated carbocycles. The Morgan fingerprint density at radius 1 is 1.04 bits per heavy atom. The van der Waals surface area contributed by atoms with Gasteiger partial charge in [0.1, 0.15) is 13.1 Å². The van der Waals surface area contributed by atoms with Crippen LogP contribution in [-0.4, -0.2) is 34.8 Å². The number of methoxy groups -OCH3 is 1. The predicted octanol–water partition coefficient (Wildman–Crippen LogP) is -1.05. The molecule has 144 valence electrons. The second-order valence-corrected chi connectivity index (χ2v) is 6.53. The van der Waals surface area contributed by atoms with Crippen molar-refractivity contribution < 1.29 is 35.9 Å². The molecule has 1 aliphatic rings. The van der Waals surface area contributed by atoms with E-state index in [2.05, 4.69) is 4.98 Å². The number of nitrogens with zero attached hydrogens (tertiary/aromatic N) is 3. The molecule has 2 heterocycles. The fourth-order valence-corrected chi connectivity index (χ4v) is 3.64. The summed E-state index contributed by atoms with van der Waals surface area (Å²) in [4.78, 5) is 30.5. The van der Waals surface area contributed by atoms with Crippen LogP contribution in [0.1, 0.15) is 43.5 Å². The highest BCUT2D eigenvalue weighted by Crippen LogP contribution is 2.27. The van der Waals surface area contributed by atoms with Crippen molar-refractivity contribution >= 4 is 11.6 Å². The number of fused-ring (bicyclic) bond motifs is 2. The molecule has 1 aliphatic carbocycles. The summed E-state index contributed by atoms with van der Waals surface area (Å²) in [5.74, 6) is 0.616. The molecule has 0 atom stereocenters. The minimum absolute atomic E-state index is 0. The van der Waals surface area contributed by atoms with Crippen LogP contribution < -0.4 is 21.5 Å². The lowest BCUT2D eigenvalue weighted by atomic mass is 9.90. The second kappa shape index (κ2) is 8.16. The molecular weight excluding hydrogens is 422 g/mol. The third-order valence-corrected chi connectivity index (χ3v) is 5.00. The molecule has 0 saturated heterocycles.